The maximum absolute atomic E-state index is 11.8. The van der Waals surface area contributed by atoms with Crippen molar-refractivity contribution in [2.75, 3.05) is 0 Å². The highest BCUT2D eigenvalue weighted by atomic mass is 16.6. The molecule has 0 fully saturated rings. The van der Waals surface area contributed by atoms with Crippen LogP contribution in [0.2, 0.25) is 0 Å². The van der Waals surface area contributed by atoms with Crippen molar-refractivity contribution in [3.8, 4) is 0 Å². The van der Waals surface area contributed by atoms with Crippen molar-refractivity contribution in [2.45, 2.75) is 175 Å². The van der Waals surface area contributed by atoms with Gasteiger partial charge in [-0.25, -0.2) is 0 Å². The summed E-state index contributed by atoms with van der Waals surface area (Å²) in [6.07, 6.45) is 32.5. The van der Waals surface area contributed by atoms with Gasteiger partial charge in [-0.05, 0) is 38.0 Å². The van der Waals surface area contributed by atoms with E-state index in [9.17, 15) is 9.59 Å². The lowest BCUT2D eigenvalue weighted by molar-refractivity contribution is -0.159. The predicted octanol–water partition coefficient (Wildman–Crippen LogP) is 10.7. The zero-order valence-electron chi connectivity index (χ0n) is 23.9. The quantitative estimate of drug-likeness (QED) is 0.0522. The van der Waals surface area contributed by atoms with Crippen molar-refractivity contribution in [1.82, 2.24) is 0 Å². The van der Waals surface area contributed by atoms with E-state index in [-0.39, 0.29) is 11.9 Å². The molecule has 0 aromatic heterocycles. The normalized spacial score (nSPS) is 11.5. The molecule has 0 unspecified atom stereocenters. The van der Waals surface area contributed by atoms with Crippen LogP contribution in [0.15, 0.2) is 12.2 Å². The van der Waals surface area contributed by atoms with Crippen molar-refractivity contribution in [3.63, 3.8) is 0 Å². The summed E-state index contributed by atoms with van der Waals surface area (Å²) in [5.74, 6) is 0.178. The van der Waals surface area contributed by atoms with E-state index in [1.807, 2.05) is 0 Å². The number of rotatable bonds is 26. The van der Waals surface area contributed by atoms with Gasteiger partial charge in [0.05, 0.1) is 0 Å². The van der Waals surface area contributed by atoms with E-state index >= 15 is 0 Å². The summed E-state index contributed by atoms with van der Waals surface area (Å²) in [6, 6.07) is 0. The zero-order chi connectivity index (χ0) is 25.8. The second-order valence-electron chi connectivity index (χ2n) is 10.9. The summed E-state index contributed by atoms with van der Waals surface area (Å²) in [5.41, 5.74) is 0. The minimum atomic E-state index is -0.339. The van der Waals surface area contributed by atoms with Crippen LogP contribution in [0.25, 0.3) is 0 Å². The molecule has 3 nitrogen and oxygen atoms in total. The molecule has 0 bridgehead atoms. The first kappa shape index (κ1) is 33.9. The highest BCUT2D eigenvalue weighted by molar-refractivity contribution is 5.85. The Morgan fingerprint density at radius 2 is 0.914 bits per heavy atom. The van der Waals surface area contributed by atoms with Gasteiger partial charge in [0.2, 0.25) is 0 Å². The molecule has 3 heteroatoms. The number of carbonyl (C=O) groups is 2. The molecule has 0 aliphatic rings. The maximum Gasteiger partial charge on any atom is 0.313 e. The number of carbonyl (C=O) groups excluding carboxylic acids is 2. The summed E-state index contributed by atoms with van der Waals surface area (Å²) >= 11 is 0. The van der Waals surface area contributed by atoms with Crippen LogP contribution in [0.5, 0.6) is 0 Å². The molecule has 0 amide bonds. The molecule has 0 aliphatic heterocycles. The van der Waals surface area contributed by atoms with Crippen LogP contribution in [-0.2, 0) is 14.3 Å². The Hall–Kier alpha value is -1.12. The zero-order valence-corrected chi connectivity index (χ0v) is 23.9. The van der Waals surface area contributed by atoms with Gasteiger partial charge < -0.3 is 4.74 Å². The van der Waals surface area contributed by atoms with Gasteiger partial charge in [0.25, 0.3) is 0 Å². The summed E-state index contributed by atoms with van der Waals surface area (Å²) in [6.45, 7) is 6.85. The topological polar surface area (TPSA) is 43.4 Å². The fraction of sp³-hybridized carbons (Fsp3) is 0.875. The van der Waals surface area contributed by atoms with Crippen molar-refractivity contribution in [3.05, 3.63) is 12.2 Å². The number of hydrogen-bond acceptors (Lipinski definition) is 3. The molecule has 0 atom stereocenters. The molecular weight excluding hydrogens is 432 g/mol. The van der Waals surface area contributed by atoms with E-state index in [0.29, 0.717) is 12.8 Å². The second kappa shape index (κ2) is 27.5. The van der Waals surface area contributed by atoms with Crippen LogP contribution in [0.4, 0.5) is 0 Å². The Balaban J connectivity index is 3.33. The van der Waals surface area contributed by atoms with Crippen LogP contribution >= 0.6 is 0 Å². The van der Waals surface area contributed by atoms with Crippen LogP contribution < -0.4 is 0 Å². The third kappa shape index (κ3) is 29.0. The summed E-state index contributed by atoms with van der Waals surface area (Å²) in [5, 5.41) is 0. The van der Waals surface area contributed by atoms with Crippen LogP contribution in [0, 0.1) is 5.92 Å². The lowest BCUT2D eigenvalue weighted by Gasteiger charge is -2.05. The van der Waals surface area contributed by atoms with Crippen LogP contribution in [-0.4, -0.2) is 11.9 Å². The van der Waals surface area contributed by atoms with E-state index in [0.717, 1.165) is 38.0 Å². The number of ether oxygens (including phenoxy) is 1. The average molecular weight is 493 g/mol. The molecule has 0 N–H and O–H groups in total. The van der Waals surface area contributed by atoms with Gasteiger partial charge >= 0.3 is 11.9 Å². The summed E-state index contributed by atoms with van der Waals surface area (Å²) < 4.78 is 4.97. The minimum absolute atomic E-state index is 0.335. The molecule has 0 heterocycles. The monoisotopic (exact) mass is 492 g/mol. The second-order valence-corrected chi connectivity index (χ2v) is 10.9. The SMILES string of the molecule is CCCC/C=C\CCCCCCCC(=O)OC(=O)CCCCCCCCCCCCCCC(C)C. The molecule has 0 saturated carbocycles. The van der Waals surface area contributed by atoms with Crippen LogP contribution in [0.1, 0.15) is 175 Å². The van der Waals surface area contributed by atoms with Gasteiger partial charge in [0, 0.05) is 12.8 Å². The fourth-order valence-corrected chi connectivity index (χ4v) is 4.44. The van der Waals surface area contributed by atoms with Crippen molar-refractivity contribution < 1.29 is 14.3 Å². The number of allylic oxidation sites excluding steroid dienone is 2. The van der Waals surface area contributed by atoms with Gasteiger partial charge in [-0.3, -0.25) is 9.59 Å². The van der Waals surface area contributed by atoms with E-state index in [1.165, 1.54) is 109 Å². The predicted molar refractivity (Wildman–Crippen MR) is 152 cm³/mol. The molecule has 0 saturated heterocycles. The highest BCUT2D eigenvalue weighted by Gasteiger charge is 2.09. The molecule has 0 rings (SSSR count). The summed E-state index contributed by atoms with van der Waals surface area (Å²) in [7, 11) is 0. The third-order valence-corrected chi connectivity index (χ3v) is 6.78. The minimum Gasteiger partial charge on any atom is -0.393 e. The Labute approximate surface area is 219 Å². The van der Waals surface area contributed by atoms with Crippen molar-refractivity contribution in [1.29, 1.82) is 0 Å². The molecule has 0 aliphatic carbocycles. The Morgan fingerprint density at radius 1 is 0.543 bits per heavy atom. The molecule has 0 spiro atoms. The van der Waals surface area contributed by atoms with Crippen LogP contribution in [0.3, 0.4) is 0 Å². The molecule has 0 aromatic rings. The number of esters is 2. The Morgan fingerprint density at radius 3 is 1.34 bits per heavy atom. The lowest BCUT2D eigenvalue weighted by Crippen LogP contribution is -2.11. The van der Waals surface area contributed by atoms with Gasteiger partial charge in [-0.15, -0.1) is 0 Å². The molecule has 35 heavy (non-hydrogen) atoms. The van der Waals surface area contributed by atoms with Gasteiger partial charge in [-0.2, -0.15) is 0 Å². The smallest absolute Gasteiger partial charge is 0.313 e. The van der Waals surface area contributed by atoms with Crippen molar-refractivity contribution in [2.24, 2.45) is 5.92 Å². The molecule has 0 radical (unpaired) electrons. The molecule has 206 valence electrons. The fourth-order valence-electron chi connectivity index (χ4n) is 4.44. The van der Waals surface area contributed by atoms with Crippen molar-refractivity contribution >= 4 is 11.9 Å². The first-order valence-corrected chi connectivity index (χ1v) is 15.4. The van der Waals surface area contributed by atoms with E-state index < -0.39 is 0 Å². The van der Waals surface area contributed by atoms with E-state index in [2.05, 4.69) is 32.9 Å². The Bertz CT molecular complexity index is 495. The van der Waals surface area contributed by atoms with Gasteiger partial charge in [0.15, 0.2) is 0 Å². The molecular formula is C32H60O3. The largest absolute Gasteiger partial charge is 0.393 e. The maximum atomic E-state index is 11.8. The first-order valence-electron chi connectivity index (χ1n) is 15.4. The highest BCUT2D eigenvalue weighted by Crippen LogP contribution is 2.15. The third-order valence-electron chi connectivity index (χ3n) is 6.78. The molecule has 0 aromatic carbocycles. The number of hydrogen-bond donors (Lipinski definition) is 0. The number of unbranched alkanes of at least 4 members (excludes halogenated alkanes) is 18. The van der Waals surface area contributed by atoms with Gasteiger partial charge in [-0.1, -0.05) is 142 Å². The average Bonchev–Trinajstić information content (AvgIpc) is 2.82. The van der Waals surface area contributed by atoms with Gasteiger partial charge in [0.1, 0.15) is 0 Å². The standard InChI is InChI=1S/C32H60O3/c1-4-5-6-7-8-9-12-16-19-22-25-28-31(33)35-32(34)29-26-23-20-17-14-11-10-13-15-18-21-24-27-30(2)3/h7-8,30H,4-6,9-29H2,1-3H3/b8-7-. The lowest BCUT2D eigenvalue weighted by atomic mass is 10.0. The van der Waals surface area contributed by atoms with E-state index in [4.69, 9.17) is 4.74 Å². The Kier molecular flexibility index (Phi) is 26.6. The summed E-state index contributed by atoms with van der Waals surface area (Å²) in [4.78, 5) is 23.7. The van der Waals surface area contributed by atoms with E-state index in [1.54, 1.807) is 0 Å². The first-order chi connectivity index (χ1) is 17.1.